The molecule has 0 bridgehead atoms. The number of amides is 1. The summed E-state index contributed by atoms with van der Waals surface area (Å²) in [6, 6.07) is 0. The molecule has 0 spiro atoms. The van der Waals surface area contributed by atoms with E-state index in [0.717, 1.165) is 24.3 Å². The van der Waals surface area contributed by atoms with E-state index in [2.05, 4.69) is 61.0 Å². The second-order valence-electron chi connectivity index (χ2n) is 6.22. The van der Waals surface area contributed by atoms with Gasteiger partial charge in [0.1, 0.15) is 11.0 Å². The van der Waals surface area contributed by atoms with Gasteiger partial charge in [0.05, 0.1) is 23.4 Å². The van der Waals surface area contributed by atoms with E-state index in [4.69, 9.17) is 4.74 Å². The summed E-state index contributed by atoms with van der Waals surface area (Å²) < 4.78 is 7.73. The Morgan fingerprint density at radius 3 is 2.96 bits per heavy atom. The van der Waals surface area contributed by atoms with Gasteiger partial charge < -0.3 is 10.1 Å². The minimum Gasteiger partial charge on any atom is -0.374 e. The first-order valence-electron chi connectivity index (χ1n) is 7.88. The zero-order chi connectivity index (χ0) is 17.7. The molecule has 134 valence electrons. The first-order valence-corrected chi connectivity index (χ1v) is 9.47. The predicted octanol–water partition coefficient (Wildman–Crippen LogP) is 1.24. The van der Waals surface area contributed by atoms with Crippen LogP contribution in [0.15, 0.2) is 19.9 Å². The fourth-order valence-electron chi connectivity index (χ4n) is 2.56. The fraction of sp³-hybridized carbons (Fsp3) is 0.667. The van der Waals surface area contributed by atoms with Crippen LogP contribution in [0, 0.1) is 5.92 Å². The minimum absolute atomic E-state index is 0.0252. The van der Waals surface area contributed by atoms with E-state index < -0.39 is 0 Å². The van der Waals surface area contributed by atoms with Crippen molar-refractivity contribution in [1.29, 1.82) is 0 Å². The molecular weight excluding hydrogens is 444 g/mol. The van der Waals surface area contributed by atoms with Crippen LogP contribution in [0.25, 0.3) is 0 Å². The van der Waals surface area contributed by atoms with Crippen LogP contribution in [0.3, 0.4) is 0 Å². The van der Waals surface area contributed by atoms with Crippen molar-refractivity contribution in [1.82, 2.24) is 20.0 Å². The monoisotopic (exact) mass is 464 g/mol. The normalized spacial score (nSPS) is 18.8. The maximum absolute atomic E-state index is 12.1. The molecule has 9 heteroatoms. The number of hydrogen-bond donors (Lipinski definition) is 1. The standard InChI is InChI=1S/C15H22Br2N4O3/c1-10(2)7-20-3-4-24-11(8-20)5-18-13(22)9-21-15(23)14(17)12(16)6-19-21/h6,10-11H,3-5,7-9H2,1-2H3,(H,18,22)/t11-/m0/s1. The number of ether oxygens (including phenoxy) is 1. The lowest BCUT2D eigenvalue weighted by Crippen LogP contribution is -2.49. The average Bonchev–Trinajstić information content (AvgIpc) is 2.53. The molecule has 1 aliphatic rings. The number of carbonyl (C=O) groups is 1. The topological polar surface area (TPSA) is 76.5 Å². The first kappa shape index (κ1) is 19.6. The lowest BCUT2D eigenvalue weighted by atomic mass is 10.2. The Morgan fingerprint density at radius 1 is 1.50 bits per heavy atom. The number of nitrogens with zero attached hydrogens (tertiary/aromatic N) is 3. The molecule has 0 aromatic carbocycles. The van der Waals surface area contributed by atoms with Crippen molar-refractivity contribution in [3.8, 4) is 0 Å². The van der Waals surface area contributed by atoms with Gasteiger partial charge >= 0.3 is 0 Å². The largest absolute Gasteiger partial charge is 0.374 e. The van der Waals surface area contributed by atoms with E-state index in [0.29, 0.717) is 28.0 Å². The lowest BCUT2D eigenvalue weighted by molar-refractivity contribution is -0.123. The van der Waals surface area contributed by atoms with Crippen LogP contribution < -0.4 is 10.9 Å². The highest BCUT2D eigenvalue weighted by molar-refractivity contribution is 9.13. The van der Waals surface area contributed by atoms with Gasteiger partial charge in [0.25, 0.3) is 5.56 Å². The summed E-state index contributed by atoms with van der Waals surface area (Å²) in [5.74, 6) is 0.343. The number of rotatable bonds is 6. The highest BCUT2D eigenvalue weighted by Gasteiger charge is 2.21. The molecule has 0 saturated carbocycles. The van der Waals surface area contributed by atoms with Gasteiger partial charge in [-0.25, -0.2) is 4.68 Å². The van der Waals surface area contributed by atoms with Gasteiger partial charge in [-0.1, -0.05) is 13.8 Å². The average molecular weight is 466 g/mol. The molecule has 24 heavy (non-hydrogen) atoms. The summed E-state index contributed by atoms with van der Waals surface area (Å²) >= 11 is 6.38. The number of halogens is 2. The van der Waals surface area contributed by atoms with Crippen molar-refractivity contribution in [2.75, 3.05) is 32.8 Å². The smallest absolute Gasteiger partial charge is 0.282 e. The van der Waals surface area contributed by atoms with Gasteiger partial charge in [-0.05, 0) is 37.8 Å². The molecular formula is C15H22Br2N4O3. The van der Waals surface area contributed by atoms with Crippen molar-refractivity contribution in [3.63, 3.8) is 0 Å². The molecule has 1 N–H and O–H groups in total. The quantitative estimate of drug-likeness (QED) is 0.683. The third-order valence-corrected chi connectivity index (χ3v) is 5.51. The van der Waals surface area contributed by atoms with E-state index in [-0.39, 0.29) is 24.1 Å². The molecule has 1 aromatic heterocycles. The fourth-order valence-corrected chi connectivity index (χ4v) is 3.13. The van der Waals surface area contributed by atoms with Crippen LogP contribution >= 0.6 is 31.9 Å². The molecule has 1 aliphatic heterocycles. The zero-order valence-electron chi connectivity index (χ0n) is 13.8. The van der Waals surface area contributed by atoms with E-state index in [1.165, 1.54) is 6.20 Å². The second kappa shape index (κ2) is 9.07. The number of hydrogen-bond acceptors (Lipinski definition) is 5. The third kappa shape index (κ3) is 5.65. The van der Waals surface area contributed by atoms with Crippen LogP contribution in [0.1, 0.15) is 13.8 Å². The third-order valence-electron chi connectivity index (χ3n) is 3.61. The van der Waals surface area contributed by atoms with Crippen molar-refractivity contribution < 1.29 is 9.53 Å². The first-order chi connectivity index (χ1) is 11.4. The van der Waals surface area contributed by atoms with Gasteiger partial charge in [-0.15, -0.1) is 0 Å². The van der Waals surface area contributed by atoms with E-state index in [1.54, 1.807) is 0 Å². The lowest BCUT2D eigenvalue weighted by Gasteiger charge is -2.33. The summed E-state index contributed by atoms with van der Waals surface area (Å²) in [5.41, 5.74) is -0.350. The van der Waals surface area contributed by atoms with Crippen molar-refractivity contribution >= 4 is 37.8 Å². The van der Waals surface area contributed by atoms with Crippen molar-refractivity contribution in [3.05, 3.63) is 25.5 Å². The molecule has 1 amide bonds. The Labute approximate surface area is 158 Å². The Hall–Kier alpha value is -0.770. The number of aromatic nitrogens is 2. The summed E-state index contributed by atoms with van der Waals surface area (Å²) in [6.07, 6.45) is 1.45. The summed E-state index contributed by atoms with van der Waals surface area (Å²) in [7, 11) is 0. The highest BCUT2D eigenvalue weighted by atomic mass is 79.9. The maximum atomic E-state index is 12.1. The summed E-state index contributed by atoms with van der Waals surface area (Å²) in [6.45, 7) is 8.12. The van der Waals surface area contributed by atoms with Crippen LogP contribution in [0.5, 0.6) is 0 Å². The van der Waals surface area contributed by atoms with Gasteiger partial charge in [0.15, 0.2) is 0 Å². The molecule has 1 aromatic rings. The minimum atomic E-state index is -0.350. The highest BCUT2D eigenvalue weighted by Crippen LogP contribution is 2.16. The van der Waals surface area contributed by atoms with Crippen molar-refractivity contribution in [2.24, 2.45) is 5.92 Å². The number of carbonyl (C=O) groups excluding carboxylic acids is 1. The molecule has 1 atom stereocenters. The van der Waals surface area contributed by atoms with Gasteiger partial charge in [-0.2, -0.15) is 5.10 Å². The summed E-state index contributed by atoms with van der Waals surface area (Å²) in [4.78, 5) is 26.4. The number of nitrogens with one attached hydrogen (secondary N) is 1. The zero-order valence-corrected chi connectivity index (χ0v) is 17.0. The van der Waals surface area contributed by atoms with Crippen LogP contribution in [-0.2, 0) is 16.1 Å². The predicted molar refractivity (Wildman–Crippen MR) is 97.9 cm³/mol. The molecule has 1 saturated heterocycles. The van der Waals surface area contributed by atoms with Crippen LogP contribution in [0.4, 0.5) is 0 Å². The molecule has 0 radical (unpaired) electrons. The van der Waals surface area contributed by atoms with E-state index in [9.17, 15) is 9.59 Å². The van der Waals surface area contributed by atoms with Crippen LogP contribution in [0.2, 0.25) is 0 Å². The Balaban J connectivity index is 1.83. The van der Waals surface area contributed by atoms with E-state index in [1.807, 2.05) is 0 Å². The van der Waals surface area contributed by atoms with Crippen molar-refractivity contribution in [2.45, 2.75) is 26.5 Å². The SMILES string of the molecule is CC(C)CN1CCO[C@@H](CNC(=O)Cn2ncc(Br)c(Br)c2=O)C1. The van der Waals surface area contributed by atoms with E-state index >= 15 is 0 Å². The maximum Gasteiger partial charge on any atom is 0.282 e. The molecule has 0 unspecified atom stereocenters. The molecule has 2 rings (SSSR count). The summed E-state index contributed by atoms with van der Waals surface area (Å²) in [5, 5.41) is 6.76. The Morgan fingerprint density at radius 2 is 2.25 bits per heavy atom. The Kier molecular flexibility index (Phi) is 7.39. The number of morpholine rings is 1. The Bertz CT molecular complexity index is 636. The molecule has 2 heterocycles. The van der Waals surface area contributed by atoms with Crippen LogP contribution in [-0.4, -0.2) is 59.5 Å². The molecule has 1 fully saturated rings. The van der Waals surface area contributed by atoms with Gasteiger partial charge in [0, 0.05) is 26.2 Å². The van der Waals surface area contributed by atoms with Gasteiger partial charge in [0.2, 0.25) is 5.91 Å². The van der Waals surface area contributed by atoms with Gasteiger partial charge in [-0.3, -0.25) is 14.5 Å². The molecule has 0 aliphatic carbocycles. The second-order valence-corrected chi connectivity index (χ2v) is 7.87. The molecule has 7 nitrogen and oxygen atoms in total.